The number of halogens is 1. The molecule has 1 unspecified atom stereocenters. The molecule has 0 aliphatic carbocycles. The molecule has 1 rings (SSSR count). The van der Waals surface area contributed by atoms with Crippen LogP contribution in [0.2, 0.25) is 5.02 Å². The van der Waals surface area contributed by atoms with Gasteiger partial charge in [0.05, 0.1) is 10.6 Å². The SMILES string of the molecule is CC(C)CCNC(=O)C(C)NC(=O)c1ccccc1Cl. The molecule has 5 heteroatoms. The van der Waals surface area contributed by atoms with Gasteiger partial charge >= 0.3 is 0 Å². The van der Waals surface area contributed by atoms with Crippen molar-refractivity contribution in [1.82, 2.24) is 10.6 Å². The number of amides is 2. The third kappa shape index (κ3) is 5.21. The van der Waals surface area contributed by atoms with Crippen LogP contribution in [0.25, 0.3) is 0 Å². The molecule has 0 saturated heterocycles. The second kappa shape index (κ2) is 7.90. The molecule has 4 nitrogen and oxygen atoms in total. The van der Waals surface area contributed by atoms with Gasteiger partial charge in [0.2, 0.25) is 5.91 Å². The second-order valence-corrected chi connectivity index (χ2v) is 5.56. The lowest BCUT2D eigenvalue weighted by Gasteiger charge is -2.15. The molecular formula is C15H21ClN2O2. The molecule has 0 bridgehead atoms. The summed E-state index contributed by atoms with van der Waals surface area (Å²) in [7, 11) is 0. The smallest absolute Gasteiger partial charge is 0.253 e. The molecule has 0 heterocycles. The minimum Gasteiger partial charge on any atom is -0.354 e. The molecular weight excluding hydrogens is 276 g/mol. The van der Waals surface area contributed by atoms with Crippen molar-refractivity contribution in [2.24, 2.45) is 5.92 Å². The highest BCUT2D eigenvalue weighted by molar-refractivity contribution is 6.33. The van der Waals surface area contributed by atoms with Crippen molar-refractivity contribution in [1.29, 1.82) is 0 Å². The van der Waals surface area contributed by atoms with Crippen LogP contribution in [-0.2, 0) is 4.79 Å². The summed E-state index contributed by atoms with van der Waals surface area (Å²) in [4.78, 5) is 23.8. The van der Waals surface area contributed by atoms with Crippen LogP contribution in [0.4, 0.5) is 0 Å². The van der Waals surface area contributed by atoms with Crippen molar-refractivity contribution in [3.8, 4) is 0 Å². The third-order valence-electron chi connectivity index (χ3n) is 2.88. The number of rotatable bonds is 6. The van der Waals surface area contributed by atoms with Gasteiger partial charge in [-0.05, 0) is 31.4 Å². The van der Waals surface area contributed by atoms with E-state index in [1.165, 1.54) is 0 Å². The first-order valence-corrected chi connectivity index (χ1v) is 7.12. The van der Waals surface area contributed by atoms with Gasteiger partial charge in [-0.3, -0.25) is 9.59 Å². The van der Waals surface area contributed by atoms with Crippen LogP contribution in [0.15, 0.2) is 24.3 Å². The van der Waals surface area contributed by atoms with Gasteiger partial charge in [0, 0.05) is 6.54 Å². The van der Waals surface area contributed by atoms with Crippen LogP contribution in [-0.4, -0.2) is 24.4 Å². The summed E-state index contributed by atoms with van der Waals surface area (Å²) in [6.45, 7) is 6.45. The average Bonchev–Trinajstić information content (AvgIpc) is 2.38. The Morgan fingerprint density at radius 2 is 1.85 bits per heavy atom. The van der Waals surface area contributed by atoms with E-state index in [2.05, 4.69) is 24.5 Å². The summed E-state index contributed by atoms with van der Waals surface area (Å²) < 4.78 is 0. The molecule has 1 atom stereocenters. The largest absolute Gasteiger partial charge is 0.354 e. The molecule has 0 saturated carbocycles. The van der Waals surface area contributed by atoms with E-state index in [1.807, 2.05) is 0 Å². The molecule has 1 aromatic carbocycles. The van der Waals surface area contributed by atoms with Gasteiger partial charge in [0.25, 0.3) is 5.91 Å². The predicted molar refractivity (Wildman–Crippen MR) is 80.8 cm³/mol. The summed E-state index contributed by atoms with van der Waals surface area (Å²) >= 11 is 5.94. The molecule has 0 aliphatic heterocycles. The van der Waals surface area contributed by atoms with Crippen molar-refractivity contribution in [2.75, 3.05) is 6.54 Å². The Bertz CT molecular complexity index is 475. The highest BCUT2D eigenvalue weighted by Gasteiger charge is 2.17. The number of hydrogen-bond acceptors (Lipinski definition) is 2. The lowest BCUT2D eigenvalue weighted by atomic mass is 10.1. The number of carbonyl (C=O) groups excluding carboxylic acids is 2. The van der Waals surface area contributed by atoms with E-state index < -0.39 is 6.04 Å². The van der Waals surface area contributed by atoms with Gasteiger partial charge in [0.15, 0.2) is 0 Å². The van der Waals surface area contributed by atoms with Crippen LogP contribution in [0, 0.1) is 5.92 Å². The molecule has 0 aliphatic rings. The minimum atomic E-state index is -0.592. The third-order valence-corrected chi connectivity index (χ3v) is 3.21. The second-order valence-electron chi connectivity index (χ2n) is 5.15. The first kappa shape index (κ1) is 16.5. The Kier molecular flexibility index (Phi) is 6.52. The summed E-state index contributed by atoms with van der Waals surface area (Å²) in [6, 6.07) is 6.16. The van der Waals surface area contributed by atoms with Crippen molar-refractivity contribution in [2.45, 2.75) is 33.2 Å². The van der Waals surface area contributed by atoms with E-state index in [4.69, 9.17) is 11.6 Å². The Morgan fingerprint density at radius 3 is 2.45 bits per heavy atom. The number of hydrogen-bond donors (Lipinski definition) is 2. The van der Waals surface area contributed by atoms with Gasteiger partial charge in [0.1, 0.15) is 6.04 Å². The lowest BCUT2D eigenvalue weighted by Crippen LogP contribution is -2.45. The van der Waals surface area contributed by atoms with E-state index >= 15 is 0 Å². The van der Waals surface area contributed by atoms with Crippen molar-refractivity contribution in [3.63, 3.8) is 0 Å². The highest BCUT2D eigenvalue weighted by atomic mass is 35.5. The first-order valence-electron chi connectivity index (χ1n) is 6.75. The van der Waals surface area contributed by atoms with Crippen LogP contribution >= 0.6 is 11.6 Å². The predicted octanol–water partition coefficient (Wildman–Crippen LogP) is 2.62. The van der Waals surface area contributed by atoms with E-state index in [9.17, 15) is 9.59 Å². The standard InChI is InChI=1S/C15H21ClN2O2/c1-10(2)8-9-17-14(19)11(3)18-15(20)12-6-4-5-7-13(12)16/h4-7,10-11H,8-9H2,1-3H3,(H,17,19)(H,18,20). The van der Waals surface area contributed by atoms with E-state index in [0.717, 1.165) is 6.42 Å². The van der Waals surface area contributed by atoms with Gasteiger partial charge in [-0.1, -0.05) is 37.6 Å². The molecule has 0 fully saturated rings. The first-order chi connectivity index (χ1) is 9.41. The van der Waals surface area contributed by atoms with E-state index in [0.29, 0.717) is 23.0 Å². The van der Waals surface area contributed by atoms with Gasteiger partial charge in [-0.2, -0.15) is 0 Å². The molecule has 20 heavy (non-hydrogen) atoms. The van der Waals surface area contributed by atoms with Crippen LogP contribution in [0.3, 0.4) is 0 Å². The Balaban J connectivity index is 2.49. The highest BCUT2D eigenvalue weighted by Crippen LogP contribution is 2.14. The molecule has 0 spiro atoms. The van der Waals surface area contributed by atoms with E-state index in [1.54, 1.807) is 31.2 Å². The fourth-order valence-corrected chi connectivity index (χ4v) is 1.84. The van der Waals surface area contributed by atoms with Gasteiger partial charge in [-0.15, -0.1) is 0 Å². The monoisotopic (exact) mass is 296 g/mol. The van der Waals surface area contributed by atoms with Crippen LogP contribution in [0.5, 0.6) is 0 Å². The zero-order chi connectivity index (χ0) is 15.1. The quantitative estimate of drug-likeness (QED) is 0.848. The summed E-state index contributed by atoms with van der Waals surface area (Å²) in [5.74, 6) is -0.00325. The molecule has 0 aromatic heterocycles. The Labute approximate surface area is 124 Å². The average molecular weight is 297 g/mol. The van der Waals surface area contributed by atoms with E-state index in [-0.39, 0.29) is 11.8 Å². The fourth-order valence-electron chi connectivity index (χ4n) is 1.62. The Morgan fingerprint density at radius 1 is 1.20 bits per heavy atom. The molecule has 0 radical (unpaired) electrons. The molecule has 2 N–H and O–H groups in total. The van der Waals surface area contributed by atoms with Crippen molar-refractivity contribution < 1.29 is 9.59 Å². The fraction of sp³-hybridized carbons (Fsp3) is 0.467. The number of benzene rings is 1. The lowest BCUT2D eigenvalue weighted by molar-refractivity contribution is -0.122. The van der Waals surface area contributed by atoms with Crippen molar-refractivity contribution >= 4 is 23.4 Å². The summed E-state index contributed by atoms with van der Waals surface area (Å²) in [5, 5.41) is 5.81. The maximum absolute atomic E-state index is 12.0. The van der Waals surface area contributed by atoms with Crippen LogP contribution < -0.4 is 10.6 Å². The Hall–Kier alpha value is -1.55. The summed E-state index contributed by atoms with van der Waals surface area (Å²) in [5.41, 5.74) is 0.371. The topological polar surface area (TPSA) is 58.2 Å². The van der Waals surface area contributed by atoms with Gasteiger partial charge in [-0.25, -0.2) is 0 Å². The van der Waals surface area contributed by atoms with Crippen molar-refractivity contribution in [3.05, 3.63) is 34.9 Å². The number of nitrogens with one attached hydrogen (secondary N) is 2. The molecule has 110 valence electrons. The molecule has 2 amide bonds. The maximum Gasteiger partial charge on any atom is 0.253 e. The zero-order valence-corrected chi connectivity index (χ0v) is 12.8. The zero-order valence-electron chi connectivity index (χ0n) is 12.1. The summed E-state index contributed by atoms with van der Waals surface area (Å²) in [6.07, 6.45) is 0.914. The minimum absolute atomic E-state index is 0.189. The number of carbonyl (C=O) groups is 2. The van der Waals surface area contributed by atoms with Crippen LogP contribution in [0.1, 0.15) is 37.6 Å². The van der Waals surface area contributed by atoms with Gasteiger partial charge < -0.3 is 10.6 Å². The maximum atomic E-state index is 12.0. The normalized spacial score (nSPS) is 12.1. The molecule has 1 aromatic rings.